The van der Waals surface area contributed by atoms with Gasteiger partial charge < -0.3 is 14.8 Å². The number of hydrogen-bond acceptors (Lipinski definition) is 10. The number of fused-ring (bicyclic) bond motifs is 2. The molecule has 2 saturated heterocycles. The predicted octanol–water partition coefficient (Wildman–Crippen LogP) is 3.55. The predicted molar refractivity (Wildman–Crippen MR) is 162 cm³/mol. The summed E-state index contributed by atoms with van der Waals surface area (Å²) in [7, 11) is -8.94. The lowest BCUT2D eigenvalue weighted by atomic mass is 9.69. The molecular formula is C30H40F2N2O10S2. The van der Waals surface area contributed by atoms with Crippen LogP contribution in [0, 0.1) is 17.8 Å². The third-order valence-corrected chi connectivity index (χ3v) is 10.6. The molecule has 3 fully saturated rings. The zero-order valence-corrected chi connectivity index (χ0v) is 27.2. The van der Waals surface area contributed by atoms with Crippen LogP contribution in [0.3, 0.4) is 0 Å². The number of alkyl halides is 2. The number of hydrogen-bond donors (Lipinski definition) is 3. The Morgan fingerprint density at radius 1 is 0.891 bits per heavy atom. The van der Waals surface area contributed by atoms with E-state index in [0.717, 1.165) is 44.4 Å². The van der Waals surface area contributed by atoms with E-state index in [1.165, 1.54) is 24.3 Å². The summed E-state index contributed by atoms with van der Waals surface area (Å²) in [6.45, 7) is 4.96. The maximum atomic E-state index is 14.0. The fourth-order valence-corrected chi connectivity index (χ4v) is 8.24. The average molecular weight is 691 g/mol. The first-order valence-electron chi connectivity index (χ1n) is 15.2. The molecule has 3 aliphatic rings. The van der Waals surface area contributed by atoms with Crippen LogP contribution in [0.15, 0.2) is 46.2 Å². The number of carbonyl (C=O) groups is 2. The molecule has 2 aliphatic heterocycles. The summed E-state index contributed by atoms with van der Waals surface area (Å²) in [6.07, 6.45) is 3.16. The summed E-state index contributed by atoms with van der Waals surface area (Å²) < 4.78 is 101. The SMILES string of the molecule is CCOC(=O)C1CC2CC(CN3CC(F)(F)CC3C(=O)OCC)CCC2CN1.O=S(=O)(O)c1cccc2c(S(=O)(=O)O)cccc12. The normalized spacial score (nSPS) is 26.4. The summed E-state index contributed by atoms with van der Waals surface area (Å²) in [6, 6.07) is 6.40. The van der Waals surface area contributed by atoms with Crippen molar-refractivity contribution in [2.45, 2.75) is 73.7 Å². The van der Waals surface area contributed by atoms with Crippen molar-refractivity contribution in [1.82, 2.24) is 10.2 Å². The standard InChI is InChI=1S/C20H32F2N2O4.C10H8O6S2/c1-3-27-18(25)16-8-15-7-13(5-6-14(15)10-23-16)11-24-12-20(21,22)9-17(24)19(26)28-4-2;11-17(12,13)9-5-1-3-7-8(9)4-2-6-10(7)18(14,15)16/h13-17,23H,3-12H2,1-2H3;1-6H,(H,11,12,13)(H,14,15,16). The molecule has 5 rings (SSSR count). The van der Waals surface area contributed by atoms with Crippen molar-refractivity contribution in [2.24, 2.45) is 17.8 Å². The lowest BCUT2D eigenvalue weighted by Gasteiger charge is -2.43. The van der Waals surface area contributed by atoms with E-state index in [-0.39, 0.29) is 41.9 Å². The number of piperidine rings is 1. The Kier molecular flexibility index (Phi) is 11.4. The highest BCUT2D eigenvalue weighted by molar-refractivity contribution is 7.86. The van der Waals surface area contributed by atoms with Gasteiger partial charge in [0.05, 0.1) is 19.8 Å². The van der Waals surface area contributed by atoms with Gasteiger partial charge in [0.25, 0.3) is 26.2 Å². The lowest BCUT2D eigenvalue weighted by molar-refractivity contribution is -0.149. The fraction of sp³-hybridized carbons (Fsp3) is 0.600. The van der Waals surface area contributed by atoms with Crippen LogP contribution < -0.4 is 5.32 Å². The smallest absolute Gasteiger partial charge is 0.323 e. The van der Waals surface area contributed by atoms with E-state index in [9.17, 15) is 35.2 Å². The van der Waals surface area contributed by atoms with Crippen molar-refractivity contribution < 1.29 is 53.8 Å². The van der Waals surface area contributed by atoms with Crippen molar-refractivity contribution in [3.8, 4) is 0 Å². The van der Waals surface area contributed by atoms with E-state index in [1.807, 2.05) is 0 Å². The van der Waals surface area contributed by atoms with Crippen LogP contribution in [-0.2, 0) is 39.3 Å². The first-order valence-corrected chi connectivity index (χ1v) is 18.1. The molecule has 46 heavy (non-hydrogen) atoms. The molecule has 2 heterocycles. The maximum Gasteiger partial charge on any atom is 0.323 e. The highest BCUT2D eigenvalue weighted by Crippen LogP contribution is 2.41. The van der Waals surface area contributed by atoms with Crippen LogP contribution in [-0.4, -0.2) is 93.6 Å². The molecular weight excluding hydrogens is 650 g/mol. The summed E-state index contributed by atoms with van der Waals surface area (Å²) >= 11 is 0. The second kappa shape index (κ2) is 14.6. The minimum Gasteiger partial charge on any atom is -0.465 e. The number of rotatable bonds is 8. The molecule has 0 spiro atoms. The van der Waals surface area contributed by atoms with Gasteiger partial charge in [-0.05, 0) is 76.0 Å². The van der Waals surface area contributed by atoms with Crippen molar-refractivity contribution in [3.05, 3.63) is 36.4 Å². The van der Waals surface area contributed by atoms with E-state index >= 15 is 0 Å². The summed E-state index contributed by atoms with van der Waals surface area (Å²) in [4.78, 5) is 25.0. The minimum absolute atomic E-state index is 0.0233. The quantitative estimate of drug-likeness (QED) is 0.272. The highest BCUT2D eigenvalue weighted by Gasteiger charge is 2.49. The van der Waals surface area contributed by atoms with Crippen LogP contribution in [0.4, 0.5) is 8.78 Å². The molecule has 16 heteroatoms. The average Bonchev–Trinajstić information content (AvgIpc) is 3.29. The molecule has 2 aromatic carbocycles. The van der Waals surface area contributed by atoms with Crippen molar-refractivity contribution in [3.63, 3.8) is 0 Å². The van der Waals surface area contributed by atoms with Crippen LogP contribution in [0.1, 0.15) is 46.0 Å². The van der Waals surface area contributed by atoms with Gasteiger partial charge in [-0.2, -0.15) is 16.8 Å². The zero-order valence-electron chi connectivity index (χ0n) is 25.6. The monoisotopic (exact) mass is 690 g/mol. The van der Waals surface area contributed by atoms with Crippen molar-refractivity contribution in [2.75, 3.05) is 32.8 Å². The molecule has 0 amide bonds. The van der Waals surface area contributed by atoms with Gasteiger partial charge >= 0.3 is 11.9 Å². The number of halogens is 2. The van der Waals surface area contributed by atoms with Crippen LogP contribution in [0.5, 0.6) is 0 Å². The zero-order chi connectivity index (χ0) is 33.9. The Hall–Kier alpha value is -2.76. The molecule has 256 valence electrons. The Balaban J connectivity index is 0.000000230. The van der Waals surface area contributed by atoms with E-state index in [2.05, 4.69) is 5.32 Å². The number of ether oxygens (including phenoxy) is 2. The first kappa shape index (κ1) is 36.1. The van der Waals surface area contributed by atoms with E-state index in [4.69, 9.17) is 18.6 Å². The van der Waals surface area contributed by atoms with E-state index in [0.29, 0.717) is 25.0 Å². The van der Waals surface area contributed by atoms with Crippen molar-refractivity contribution >= 4 is 42.9 Å². The number of nitrogens with zero attached hydrogens (tertiary/aromatic N) is 1. The van der Waals surface area contributed by atoms with Gasteiger partial charge in [0, 0.05) is 23.7 Å². The van der Waals surface area contributed by atoms with Gasteiger partial charge in [-0.15, -0.1) is 0 Å². The summed E-state index contributed by atoms with van der Waals surface area (Å²) in [5, 5.41) is 3.34. The maximum absolute atomic E-state index is 14.0. The number of carbonyl (C=O) groups excluding carboxylic acids is 2. The number of benzene rings is 2. The van der Waals surface area contributed by atoms with Crippen LogP contribution >= 0.6 is 0 Å². The number of esters is 2. The second-order valence-electron chi connectivity index (χ2n) is 12.0. The molecule has 5 atom stereocenters. The molecule has 2 aromatic rings. The van der Waals surface area contributed by atoms with E-state index < -0.39 is 54.4 Å². The summed E-state index contributed by atoms with van der Waals surface area (Å²) in [5.41, 5.74) is 0. The molecule has 5 unspecified atom stereocenters. The second-order valence-corrected chi connectivity index (χ2v) is 14.7. The third kappa shape index (κ3) is 8.77. The number of nitrogens with one attached hydrogen (secondary N) is 1. The molecule has 0 radical (unpaired) electrons. The Morgan fingerprint density at radius 2 is 1.46 bits per heavy atom. The summed E-state index contributed by atoms with van der Waals surface area (Å²) in [5.74, 6) is -2.44. The van der Waals surface area contributed by atoms with E-state index in [1.54, 1.807) is 18.7 Å². The van der Waals surface area contributed by atoms with Gasteiger partial charge in [-0.3, -0.25) is 23.6 Å². The Bertz CT molecular complexity index is 1570. The van der Waals surface area contributed by atoms with Gasteiger partial charge in [0.15, 0.2) is 0 Å². The Labute approximate surface area is 267 Å². The topological polar surface area (TPSA) is 177 Å². The Morgan fingerprint density at radius 3 is 2.00 bits per heavy atom. The van der Waals surface area contributed by atoms with Gasteiger partial charge in [0.2, 0.25) is 0 Å². The minimum atomic E-state index is -4.47. The number of likely N-dealkylation sites (tertiary alicyclic amines) is 1. The molecule has 1 saturated carbocycles. The molecule has 0 bridgehead atoms. The molecule has 0 aromatic heterocycles. The largest absolute Gasteiger partial charge is 0.465 e. The van der Waals surface area contributed by atoms with Gasteiger partial charge in [0.1, 0.15) is 21.9 Å². The third-order valence-electron chi connectivity index (χ3n) is 8.80. The van der Waals surface area contributed by atoms with Gasteiger partial charge in [-0.25, -0.2) is 8.78 Å². The van der Waals surface area contributed by atoms with Crippen LogP contribution in [0.25, 0.3) is 10.8 Å². The molecule has 12 nitrogen and oxygen atoms in total. The highest BCUT2D eigenvalue weighted by atomic mass is 32.2. The fourth-order valence-electron chi connectivity index (χ4n) is 6.83. The van der Waals surface area contributed by atoms with Crippen LogP contribution in [0.2, 0.25) is 0 Å². The molecule has 1 aliphatic carbocycles. The lowest BCUT2D eigenvalue weighted by Crippen LogP contribution is -2.51. The molecule has 3 N–H and O–H groups in total. The van der Waals surface area contributed by atoms with Gasteiger partial charge in [-0.1, -0.05) is 24.3 Å². The van der Waals surface area contributed by atoms with Crippen molar-refractivity contribution in [1.29, 1.82) is 0 Å². The first-order chi connectivity index (χ1) is 21.5.